The maximum atomic E-state index is 13.1. The summed E-state index contributed by atoms with van der Waals surface area (Å²) in [6, 6.07) is 0. The van der Waals surface area contributed by atoms with E-state index in [0.717, 1.165) is 193 Å². The van der Waals surface area contributed by atoms with Gasteiger partial charge in [0, 0.05) is 25.7 Å². The smallest absolute Gasteiger partial charge is 0.462 e. The van der Waals surface area contributed by atoms with Gasteiger partial charge in [-0.3, -0.25) is 37.3 Å². The molecule has 0 aromatic rings. The van der Waals surface area contributed by atoms with E-state index < -0.39 is 97.5 Å². The average Bonchev–Trinajstić information content (AvgIpc) is 0.909. The Hall–Kier alpha value is -5.06. The number of phosphoric ester groups is 2. The molecule has 0 bridgehead atoms. The van der Waals surface area contributed by atoms with Crippen LogP contribution in [0.1, 0.15) is 297 Å². The fourth-order valence-electron chi connectivity index (χ4n) is 9.86. The van der Waals surface area contributed by atoms with Crippen molar-refractivity contribution in [3.63, 3.8) is 0 Å². The van der Waals surface area contributed by atoms with Crippen LogP contribution in [0.15, 0.2) is 146 Å². The molecular weight excluding hydrogens is 1330 g/mol. The summed E-state index contributed by atoms with van der Waals surface area (Å²) in [6.45, 7) is 4.47. The van der Waals surface area contributed by atoms with Crippen molar-refractivity contribution in [3.8, 4) is 0 Å². The molecule has 0 heterocycles. The molecular formula is C83H138O17P2. The van der Waals surface area contributed by atoms with Gasteiger partial charge in [-0.25, -0.2) is 9.13 Å². The largest absolute Gasteiger partial charge is 0.472 e. The summed E-state index contributed by atoms with van der Waals surface area (Å²) in [5.74, 6) is -2.27. The maximum absolute atomic E-state index is 13.1. The number of rotatable bonds is 72. The van der Waals surface area contributed by atoms with Gasteiger partial charge in [-0.1, -0.05) is 257 Å². The van der Waals surface area contributed by atoms with Crippen LogP contribution < -0.4 is 0 Å². The number of unbranched alkanes of at least 4 members (excludes halogenated alkanes) is 22. The maximum Gasteiger partial charge on any atom is 0.472 e. The van der Waals surface area contributed by atoms with Gasteiger partial charge in [0.15, 0.2) is 12.2 Å². The Balaban J connectivity index is 5.40. The number of allylic oxidation sites excluding steroid dienone is 24. The van der Waals surface area contributed by atoms with Gasteiger partial charge in [0.1, 0.15) is 19.3 Å². The predicted molar refractivity (Wildman–Crippen MR) is 417 cm³/mol. The minimum Gasteiger partial charge on any atom is -0.462 e. The lowest BCUT2D eigenvalue weighted by atomic mass is 10.1. The van der Waals surface area contributed by atoms with Crippen LogP contribution in [0.4, 0.5) is 0 Å². The highest BCUT2D eigenvalue weighted by Gasteiger charge is 2.30. The van der Waals surface area contributed by atoms with Gasteiger partial charge in [0.05, 0.1) is 26.4 Å². The molecule has 0 saturated heterocycles. The standard InChI is InChI=1S/C83H138O17P2/c1-5-9-13-17-21-25-29-33-35-37-38-40-42-46-48-52-56-60-64-68-81(86)94-74-79(100-83(88)70-66-62-58-54-50-44-32-28-24-20-16-12-8-4)76-98-102(91,92)96-72-77(84)71-95-101(89,90)97-75-78(99-82(87)69-65-61-57-53-49-43-31-27-23-19-15-11-7-3)73-93-80(85)67-63-59-55-51-47-45-41-39-36-34-30-26-22-18-14-10-6-2/h9-10,13-14,16,20-22,25-28,31-36,38,40-41,45-46,48,77-79,84H,5-8,11-12,15,17-19,23-24,29-30,37,39,42-44,47,49-76H2,1-4H3,(H,89,90)(H,91,92)/b13-9-,14-10-,20-16-,25-21-,26-22-,31-27-,32-28-,35-33-,36-34-,40-38-,45-41-,48-46-. The van der Waals surface area contributed by atoms with Gasteiger partial charge >= 0.3 is 39.5 Å². The van der Waals surface area contributed by atoms with Crippen LogP contribution in [0.25, 0.3) is 0 Å². The molecule has 5 atom stereocenters. The second-order valence-electron chi connectivity index (χ2n) is 25.5. The summed E-state index contributed by atoms with van der Waals surface area (Å²) in [4.78, 5) is 72.9. The predicted octanol–water partition coefficient (Wildman–Crippen LogP) is 22.7. The van der Waals surface area contributed by atoms with Crippen molar-refractivity contribution in [2.24, 2.45) is 0 Å². The van der Waals surface area contributed by atoms with Crippen LogP contribution in [0.5, 0.6) is 0 Å². The summed E-state index contributed by atoms with van der Waals surface area (Å²) >= 11 is 0. The second-order valence-corrected chi connectivity index (χ2v) is 28.4. The zero-order valence-electron chi connectivity index (χ0n) is 63.5. The van der Waals surface area contributed by atoms with Crippen molar-refractivity contribution in [2.45, 2.75) is 316 Å². The number of ether oxygens (including phenoxy) is 4. The number of aliphatic hydroxyl groups excluding tert-OH is 1. The SMILES string of the molecule is CC/C=C\C/C=C\C/C=C\C/C=C\C/C=C\CCCCCC(=O)OCC(COP(=O)(O)OCC(O)COP(=O)(O)OCC(COC(=O)CCCCCC/C=C\C/C=C\C/C=C\C/C=C\CC)OC(=O)CCCCCCC/C=C\CCCCCC)OC(=O)CCCCCCC/C=C\C/C=C\CCC. The Labute approximate surface area is 617 Å². The summed E-state index contributed by atoms with van der Waals surface area (Å²) in [6.07, 6.45) is 84.0. The van der Waals surface area contributed by atoms with E-state index in [1.165, 1.54) is 25.7 Å². The lowest BCUT2D eigenvalue weighted by molar-refractivity contribution is -0.161. The van der Waals surface area contributed by atoms with Crippen molar-refractivity contribution in [2.75, 3.05) is 39.6 Å². The minimum absolute atomic E-state index is 0.0664. The summed E-state index contributed by atoms with van der Waals surface area (Å²) in [5.41, 5.74) is 0. The van der Waals surface area contributed by atoms with Gasteiger partial charge in [0.2, 0.25) is 0 Å². The summed E-state index contributed by atoms with van der Waals surface area (Å²) in [5, 5.41) is 10.6. The molecule has 582 valence electrons. The number of esters is 4. The topological polar surface area (TPSA) is 237 Å². The monoisotopic (exact) mass is 1470 g/mol. The molecule has 0 aliphatic rings. The van der Waals surface area contributed by atoms with E-state index in [1.807, 2.05) is 0 Å². The van der Waals surface area contributed by atoms with Crippen LogP contribution in [0, 0.1) is 0 Å². The lowest BCUT2D eigenvalue weighted by Crippen LogP contribution is -2.30. The third kappa shape index (κ3) is 73.3. The molecule has 0 saturated carbocycles. The summed E-state index contributed by atoms with van der Waals surface area (Å²) in [7, 11) is -9.98. The van der Waals surface area contributed by atoms with Crippen molar-refractivity contribution in [1.82, 2.24) is 0 Å². The Morgan fingerprint density at radius 2 is 0.529 bits per heavy atom. The summed E-state index contributed by atoms with van der Waals surface area (Å²) < 4.78 is 68.5. The van der Waals surface area contributed by atoms with E-state index in [1.54, 1.807) is 0 Å². The molecule has 0 rings (SSSR count). The number of aliphatic hydroxyl groups is 1. The first-order chi connectivity index (χ1) is 49.7. The zero-order chi connectivity index (χ0) is 74.6. The average molecular weight is 1470 g/mol. The molecule has 3 N–H and O–H groups in total. The molecule has 5 unspecified atom stereocenters. The number of phosphoric acid groups is 2. The van der Waals surface area contributed by atoms with Crippen LogP contribution in [0.2, 0.25) is 0 Å². The zero-order valence-corrected chi connectivity index (χ0v) is 65.3. The first kappa shape index (κ1) is 96.9. The van der Waals surface area contributed by atoms with Crippen molar-refractivity contribution < 1.29 is 80.2 Å². The molecule has 17 nitrogen and oxygen atoms in total. The molecule has 0 radical (unpaired) electrons. The molecule has 0 aromatic carbocycles. The van der Waals surface area contributed by atoms with Crippen molar-refractivity contribution >= 4 is 39.5 Å². The molecule has 19 heteroatoms. The van der Waals surface area contributed by atoms with Gasteiger partial charge in [-0.05, 0) is 161 Å². The number of hydrogen-bond acceptors (Lipinski definition) is 15. The molecule has 0 aliphatic carbocycles. The van der Waals surface area contributed by atoms with E-state index in [4.69, 9.17) is 37.0 Å². The van der Waals surface area contributed by atoms with E-state index >= 15 is 0 Å². The second kappa shape index (κ2) is 74.2. The highest BCUT2D eigenvalue weighted by molar-refractivity contribution is 7.47. The molecule has 0 amide bonds. The van der Waals surface area contributed by atoms with Crippen LogP contribution in [-0.4, -0.2) is 96.7 Å². The van der Waals surface area contributed by atoms with Gasteiger partial charge in [-0.2, -0.15) is 0 Å². The molecule has 0 spiro atoms. The van der Waals surface area contributed by atoms with E-state index in [0.29, 0.717) is 25.7 Å². The van der Waals surface area contributed by atoms with E-state index in [9.17, 15) is 43.2 Å². The number of hydrogen-bond donors (Lipinski definition) is 3. The fourth-order valence-corrected chi connectivity index (χ4v) is 11.4. The Kier molecular flexibility index (Phi) is 70.5. The Morgan fingerprint density at radius 1 is 0.284 bits per heavy atom. The molecule has 0 aliphatic heterocycles. The van der Waals surface area contributed by atoms with Gasteiger partial charge in [0.25, 0.3) is 0 Å². The lowest BCUT2D eigenvalue weighted by Gasteiger charge is -2.21. The molecule has 102 heavy (non-hydrogen) atoms. The minimum atomic E-state index is -4.99. The van der Waals surface area contributed by atoms with Gasteiger partial charge < -0.3 is 33.8 Å². The first-order valence-corrected chi connectivity index (χ1v) is 42.1. The highest BCUT2D eigenvalue weighted by atomic mass is 31.2. The van der Waals surface area contributed by atoms with Crippen LogP contribution in [0.3, 0.4) is 0 Å². The quantitative estimate of drug-likeness (QED) is 0.0169. The van der Waals surface area contributed by atoms with Gasteiger partial charge in [-0.15, -0.1) is 0 Å². The van der Waals surface area contributed by atoms with Crippen LogP contribution >= 0.6 is 15.6 Å². The third-order valence-corrected chi connectivity index (χ3v) is 17.7. The fraction of sp³-hybridized carbons (Fsp3) is 0.663. The van der Waals surface area contributed by atoms with Crippen molar-refractivity contribution in [3.05, 3.63) is 146 Å². The van der Waals surface area contributed by atoms with E-state index in [2.05, 4.69) is 174 Å². The molecule has 0 aromatic heterocycles. The number of carbonyl (C=O) groups is 4. The Bertz CT molecular complexity index is 2510. The van der Waals surface area contributed by atoms with Crippen LogP contribution in [-0.2, 0) is 65.4 Å². The highest BCUT2D eigenvalue weighted by Crippen LogP contribution is 2.45. The number of carbonyl (C=O) groups excluding carboxylic acids is 4. The third-order valence-electron chi connectivity index (χ3n) is 15.7. The van der Waals surface area contributed by atoms with E-state index in [-0.39, 0.29) is 25.7 Å². The molecule has 0 fully saturated rings. The van der Waals surface area contributed by atoms with Crippen molar-refractivity contribution in [1.29, 1.82) is 0 Å². The normalized spacial score (nSPS) is 14.7. The first-order valence-electron chi connectivity index (χ1n) is 39.1. The Morgan fingerprint density at radius 3 is 0.843 bits per heavy atom.